The maximum absolute atomic E-state index is 4.29. The summed E-state index contributed by atoms with van der Waals surface area (Å²) in [5.74, 6) is 1.71. The number of nitrogens with one attached hydrogen (secondary N) is 1. The third kappa shape index (κ3) is 4.98. The van der Waals surface area contributed by atoms with Gasteiger partial charge in [-0.05, 0) is 31.2 Å². The van der Waals surface area contributed by atoms with E-state index in [1.54, 1.807) is 0 Å². The van der Waals surface area contributed by atoms with E-state index >= 15 is 0 Å². The minimum absolute atomic E-state index is 0.707. The van der Waals surface area contributed by atoms with E-state index in [4.69, 9.17) is 0 Å². The summed E-state index contributed by atoms with van der Waals surface area (Å²) < 4.78 is 2.32. The van der Waals surface area contributed by atoms with Crippen molar-refractivity contribution in [3.8, 4) is 0 Å². The van der Waals surface area contributed by atoms with E-state index in [0.717, 1.165) is 25.6 Å². The highest BCUT2D eigenvalue weighted by atomic mass is 15.1. The molecule has 0 radical (unpaired) electrons. The third-order valence-electron chi connectivity index (χ3n) is 4.14. The maximum atomic E-state index is 4.29. The molecule has 1 saturated carbocycles. The van der Waals surface area contributed by atoms with Gasteiger partial charge in [0.2, 0.25) is 0 Å². The summed E-state index contributed by atoms with van der Waals surface area (Å²) in [7, 11) is 0. The van der Waals surface area contributed by atoms with Gasteiger partial charge in [0.1, 0.15) is 0 Å². The van der Waals surface area contributed by atoms with Crippen LogP contribution in [0.25, 0.3) is 0 Å². The molecule has 0 bridgehead atoms. The molecule has 108 valence electrons. The molecule has 0 aromatic carbocycles. The van der Waals surface area contributed by atoms with Crippen LogP contribution in [0.5, 0.6) is 0 Å². The van der Waals surface area contributed by atoms with Crippen molar-refractivity contribution in [2.75, 3.05) is 6.54 Å². The van der Waals surface area contributed by atoms with Gasteiger partial charge < -0.3 is 9.88 Å². The van der Waals surface area contributed by atoms with Crippen LogP contribution in [0.4, 0.5) is 0 Å². The summed E-state index contributed by atoms with van der Waals surface area (Å²) in [5.41, 5.74) is 1.33. The molecule has 0 spiro atoms. The van der Waals surface area contributed by atoms with Gasteiger partial charge in [0, 0.05) is 19.3 Å². The number of hydrogen-bond donors (Lipinski definition) is 1. The molecule has 0 saturated heterocycles. The Morgan fingerprint density at radius 3 is 2.89 bits per heavy atom. The fourth-order valence-corrected chi connectivity index (χ4v) is 3.03. The highest BCUT2D eigenvalue weighted by molar-refractivity contribution is 4.97. The second kappa shape index (κ2) is 7.68. The van der Waals surface area contributed by atoms with Gasteiger partial charge in [-0.2, -0.15) is 0 Å². The Labute approximate surface area is 117 Å². The van der Waals surface area contributed by atoms with E-state index in [-0.39, 0.29) is 0 Å². The zero-order valence-corrected chi connectivity index (χ0v) is 12.6. The molecule has 1 heterocycles. The lowest BCUT2D eigenvalue weighted by Crippen LogP contribution is -2.20. The summed E-state index contributed by atoms with van der Waals surface area (Å²) in [6.07, 6.45) is 12.5. The highest BCUT2D eigenvalue weighted by Gasteiger charge is 2.14. The first-order valence-corrected chi connectivity index (χ1v) is 7.95. The lowest BCUT2D eigenvalue weighted by molar-refractivity contribution is 0.451. The molecule has 1 fully saturated rings. The Hall–Kier alpha value is -0.830. The third-order valence-corrected chi connectivity index (χ3v) is 4.14. The summed E-state index contributed by atoms with van der Waals surface area (Å²) in [6.45, 7) is 7.64. The van der Waals surface area contributed by atoms with Gasteiger partial charge in [-0.15, -0.1) is 0 Å². The van der Waals surface area contributed by atoms with Crippen molar-refractivity contribution in [1.82, 2.24) is 14.9 Å². The average Bonchev–Trinajstić information content (AvgIpc) is 3.01. The molecular weight excluding hydrogens is 234 g/mol. The molecular formula is C16H29N3. The second-order valence-electron chi connectivity index (χ2n) is 6.40. The standard InChI is InChI=1S/C16H29N3/c1-14(2)10-17-11-16-12-18-13-19(16)9-5-8-15-6-3-4-7-15/h12-15,17H,3-11H2,1-2H3. The molecule has 1 aromatic heterocycles. The fraction of sp³-hybridized carbons (Fsp3) is 0.812. The van der Waals surface area contributed by atoms with Crippen LogP contribution in [0.15, 0.2) is 12.5 Å². The predicted molar refractivity (Wildman–Crippen MR) is 80.0 cm³/mol. The Morgan fingerprint density at radius 1 is 1.37 bits per heavy atom. The van der Waals surface area contributed by atoms with E-state index in [0.29, 0.717) is 5.92 Å². The molecule has 19 heavy (non-hydrogen) atoms. The van der Waals surface area contributed by atoms with E-state index in [1.165, 1.54) is 44.2 Å². The van der Waals surface area contributed by atoms with Gasteiger partial charge in [-0.3, -0.25) is 0 Å². The van der Waals surface area contributed by atoms with Gasteiger partial charge in [0.15, 0.2) is 0 Å². The average molecular weight is 263 g/mol. The van der Waals surface area contributed by atoms with Crippen LogP contribution >= 0.6 is 0 Å². The predicted octanol–water partition coefficient (Wildman–Crippen LogP) is 3.60. The van der Waals surface area contributed by atoms with Crippen molar-refractivity contribution in [2.45, 2.75) is 65.5 Å². The molecule has 0 aliphatic heterocycles. The monoisotopic (exact) mass is 263 g/mol. The fourth-order valence-electron chi connectivity index (χ4n) is 3.03. The molecule has 0 atom stereocenters. The number of aromatic nitrogens is 2. The van der Waals surface area contributed by atoms with Crippen LogP contribution in [0, 0.1) is 11.8 Å². The Bertz CT molecular complexity index is 351. The molecule has 1 aromatic rings. The van der Waals surface area contributed by atoms with Gasteiger partial charge in [-0.25, -0.2) is 4.98 Å². The number of imidazole rings is 1. The van der Waals surface area contributed by atoms with Gasteiger partial charge in [0.05, 0.1) is 12.0 Å². The molecule has 1 aliphatic carbocycles. The lowest BCUT2D eigenvalue weighted by Gasteiger charge is -2.12. The Balaban J connectivity index is 1.69. The van der Waals surface area contributed by atoms with Crippen molar-refractivity contribution in [2.24, 2.45) is 11.8 Å². The molecule has 1 N–H and O–H groups in total. The Morgan fingerprint density at radius 2 is 2.16 bits per heavy atom. The van der Waals surface area contributed by atoms with Gasteiger partial charge in [0.25, 0.3) is 0 Å². The van der Waals surface area contributed by atoms with E-state index in [2.05, 4.69) is 28.7 Å². The highest BCUT2D eigenvalue weighted by Crippen LogP contribution is 2.28. The van der Waals surface area contributed by atoms with Crippen LogP contribution < -0.4 is 5.32 Å². The van der Waals surface area contributed by atoms with Crippen molar-refractivity contribution < 1.29 is 0 Å². The minimum atomic E-state index is 0.707. The van der Waals surface area contributed by atoms with Crippen LogP contribution in [-0.2, 0) is 13.1 Å². The summed E-state index contributed by atoms with van der Waals surface area (Å²) in [6, 6.07) is 0. The number of rotatable bonds is 8. The maximum Gasteiger partial charge on any atom is 0.0948 e. The van der Waals surface area contributed by atoms with Gasteiger partial charge >= 0.3 is 0 Å². The van der Waals surface area contributed by atoms with Crippen LogP contribution in [0.3, 0.4) is 0 Å². The topological polar surface area (TPSA) is 29.9 Å². The second-order valence-corrected chi connectivity index (χ2v) is 6.40. The van der Waals surface area contributed by atoms with E-state index in [9.17, 15) is 0 Å². The summed E-state index contributed by atoms with van der Waals surface area (Å²) in [5, 5.41) is 3.50. The molecule has 0 amide bonds. The number of nitrogens with zero attached hydrogens (tertiary/aromatic N) is 2. The first-order chi connectivity index (χ1) is 9.25. The van der Waals surface area contributed by atoms with Gasteiger partial charge in [-0.1, -0.05) is 39.5 Å². The lowest BCUT2D eigenvalue weighted by atomic mass is 10.0. The van der Waals surface area contributed by atoms with Crippen LogP contribution in [-0.4, -0.2) is 16.1 Å². The van der Waals surface area contributed by atoms with E-state index < -0.39 is 0 Å². The van der Waals surface area contributed by atoms with Crippen molar-refractivity contribution in [3.05, 3.63) is 18.2 Å². The van der Waals surface area contributed by atoms with Crippen LogP contribution in [0.1, 0.15) is 58.1 Å². The molecule has 2 rings (SSSR count). The summed E-state index contributed by atoms with van der Waals surface area (Å²) >= 11 is 0. The van der Waals surface area contributed by atoms with Crippen molar-refractivity contribution >= 4 is 0 Å². The largest absolute Gasteiger partial charge is 0.333 e. The van der Waals surface area contributed by atoms with E-state index in [1.807, 2.05) is 12.5 Å². The number of hydrogen-bond acceptors (Lipinski definition) is 2. The molecule has 3 nitrogen and oxygen atoms in total. The summed E-state index contributed by atoms with van der Waals surface area (Å²) in [4.78, 5) is 4.29. The smallest absolute Gasteiger partial charge is 0.0948 e. The van der Waals surface area contributed by atoms with Crippen LogP contribution in [0.2, 0.25) is 0 Å². The molecule has 0 unspecified atom stereocenters. The zero-order valence-electron chi connectivity index (χ0n) is 12.6. The quantitative estimate of drug-likeness (QED) is 0.776. The SMILES string of the molecule is CC(C)CNCc1cncn1CCCC1CCCC1. The molecule has 3 heteroatoms. The molecule has 1 aliphatic rings. The minimum Gasteiger partial charge on any atom is -0.333 e. The first kappa shape index (κ1) is 14.6. The zero-order chi connectivity index (χ0) is 13.5. The number of aryl methyl sites for hydroxylation is 1. The normalized spacial score (nSPS) is 16.6. The van der Waals surface area contributed by atoms with Crippen molar-refractivity contribution in [3.63, 3.8) is 0 Å². The first-order valence-electron chi connectivity index (χ1n) is 7.95. The van der Waals surface area contributed by atoms with Crippen molar-refractivity contribution in [1.29, 1.82) is 0 Å². The Kier molecular flexibility index (Phi) is 5.90.